The van der Waals surface area contributed by atoms with Crippen molar-refractivity contribution in [1.82, 2.24) is 4.57 Å². The number of nitrogens with zero attached hydrogens (tertiary/aromatic N) is 2. The maximum absolute atomic E-state index is 13.8. The SMILES string of the molecule is CC(=O)Oc1cccc(/C=c2\sc3n(c2=O)[C@@H](c2ccc(Br)cc2)C2=C(N=3)c3ccccc3CC2)c1. The largest absolute Gasteiger partial charge is 0.427 e. The van der Waals surface area contributed by atoms with E-state index in [9.17, 15) is 9.59 Å². The number of aromatic nitrogens is 1. The molecular weight excluding hydrogens is 536 g/mol. The number of carbonyl (C=O) groups is 1. The quantitative estimate of drug-likeness (QED) is 0.263. The van der Waals surface area contributed by atoms with Gasteiger partial charge in [-0.1, -0.05) is 75.8 Å². The first-order valence-electron chi connectivity index (χ1n) is 11.6. The number of rotatable bonds is 3. The van der Waals surface area contributed by atoms with Gasteiger partial charge in [-0.3, -0.25) is 14.2 Å². The maximum atomic E-state index is 13.8. The van der Waals surface area contributed by atoms with Crippen LogP contribution in [0.2, 0.25) is 0 Å². The highest BCUT2D eigenvalue weighted by molar-refractivity contribution is 9.10. The molecule has 1 aliphatic carbocycles. The molecule has 0 N–H and O–H groups in total. The fraction of sp³-hybridized carbons (Fsp3) is 0.138. The second kappa shape index (κ2) is 9.15. The minimum absolute atomic E-state index is 0.0741. The Morgan fingerprint density at radius 1 is 1.08 bits per heavy atom. The summed E-state index contributed by atoms with van der Waals surface area (Å²) in [6, 6.07) is 23.5. The second-order valence-electron chi connectivity index (χ2n) is 8.83. The molecule has 0 saturated carbocycles. The zero-order valence-electron chi connectivity index (χ0n) is 19.4. The van der Waals surface area contributed by atoms with Crippen LogP contribution in [0.1, 0.15) is 41.6 Å². The van der Waals surface area contributed by atoms with Gasteiger partial charge in [0.25, 0.3) is 5.56 Å². The molecular formula is C29H21BrN2O3S. The molecule has 1 aliphatic heterocycles. The van der Waals surface area contributed by atoms with Crippen LogP contribution in [0, 0.1) is 0 Å². The summed E-state index contributed by atoms with van der Waals surface area (Å²) in [4.78, 5) is 30.9. The summed E-state index contributed by atoms with van der Waals surface area (Å²) in [6.07, 6.45) is 3.61. The first-order valence-corrected chi connectivity index (χ1v) is 13.3. The van der Waals surface area contributed by atoms with Gasteiger partial charge in [0, 0.05) is 17.0 Å². The number of hydrogen-bond acceptors (Lipinski definition) is 5. The summed E-state index contributed by atoms with van der Waals surface area (Å²) in [6.45, 7) is 1.37. The van der Waals surface area contributed by atoms with Gasteiger partial charge in [-0.25, -0.2) is 4.99 Å². The van der Waals surface area contributed by atoms with E-state index in [4.69, 9.17) is 9.73 Å². The highest BCUT2D eigenvalue weighted by Gasteiger charge is 2.32. The van der Waals surface area contributed by atoms with Crippen LogP contribution in [-0.2, 0) is 11.2 Å². The lowest BCUT2D eigenvalue weighted by Gasteiger charge is -2.30. The molecule has 36 heavy (non-hydrogen) atoms. The molecule has 0 fully saturated rings. The van der Waals surface area contributed by atoms with Gasteiger partial charge in [-0.05, 0) is 65.4 Å². The number of halogens is 1. The topological polar surface area (TPSA) is 60.7 Å². The summed E-state index contributed by atoms with van der Waals surface area (Å²) in [5.41, 5.74) is 6.36. The fourth-order valence-electron chi connectivity index (χ4n) is 4.95. The Morgan fingerprint density at radius 2 is 1.89 bits per heavy atom. The van der Waals surface area contributed by atoms with Crippen LogP contribution in [0.4, 0.5) is 0 Å². The van der Waals surface area contributed by atoms with E-state index in [0.29, 0.717) is 15.1 Å². The van der Waals surface area contributed by atoms with Gasteiger partial charge in [0.2, 0.25) is 0 Å². The highest BCUT2D eigenvalue weighted by Crippen LogP contribution is 2.41. The number of carbonyl (C=O) groups excluding carboxylic acids is 1. The molecule has 4 aromatic rings. The van der Waals surface area contributed by atoms with Crippen LogP contribution in [0.15, 0.2) is 92.6 Å². The minimum Gasteiger partial charge on any atom is -0.427 e. The number of thiazole rings is 1. The smallest absolute Gasteiger partial charge is 0.308 e. The van der Waals surface area contributed by atoms with Gasteiger partial charge in [0.05, 0.1) is 16.3 Å². The van der Waals surface area contributed by atoms with Gasteiger partial charge < -0.3 is 4.74 Å². The Balaban J connectivity index is 1.56. The molecule has 0 unspecified atom stereocenters. The Kier molecular flexibility index (Phi) is 5.82. The van der Waals surface area contributed by atoms with Crippen molar-refractivity contribution in [1.29, 1.82) is 0 Å². The lowest BCUT2D eigenvalue weighted by molar-refractivity contribution is -0.131. The Morgan fingerprint density at radius 3 is 2.69 bits per heavy atom. The summed E-state index contributed by atoms with van der Waals surface area (Å²) in [7, 11) is 0. The molecule has 5 nitrogen and oxygen atoms in total. The molecule has 0 bridgehead atoms. The zero-order valence-corrected chi connectivity index (χ0v) is 21.8. The van der Waals surface area contributed by atoms with E-state index in [2.05, 4.69) is 46.3 Å². The molecule has 2 aliphatic rings. The van der Waals surface area contributed by atoms with E-state index in [0.717, 1.165) is 39.7 Å². The summed E-state index contributed by atoms with van der Waals surface area (Å²) >= 11 is 4.92. The molecule has 3 aromatic carbocycles. The van der Waals surface area contributed by atoms with Crippen molar-refractivity contribution in [3.8, 4) is 5.75 Å². The van der Waals surface area contributed by atoms with Crippen molar-refractivity contribution < 1.29 is 9.53 Å². The number of allylic oxidation sites excluding steroid dienone is 1. The normalized spacial score (nSPS) is 16.6. The van der Waals surface area contributed by atoms with E-state index in [1.165, 1.54) is 29.4 Å². The van der Waals surface area contributed by atoms with Crippen molar-refractivity contribution >= 4 is 45.0 Å². The van der Waals surface area contributed by atoms with Crippen molar-refractivity contribution in [2.24, 2.45) is 4.99 Å². The molecule has 0 saturated heterocycles. The third kappa shape index (κ3) is 4.08. The van der Waals surface area contributed by atoms with E-state index in [1.807, 2.05) is 34.9 Å². The Hall–Kier alpha value is -3.55. The van der Waals surface area contributed by atoms with Crippen LogP contribution in [0.5, 0.6) is 5.75 Å². The first-order chi connectivity index (χ1) is 17.5. The number of ether oxygens (including phenoxy) is 1. The Labute approximate surface area is 219 Å². The van der Waals surface area contributed by atoms with Crippen LogP contribution in [0.25, 0.3) is 11.8 Å². The molecule has 178 valence electrons. The monoisotopic (exact) mass is 556 g/mol. The van der Waals surface area contributed by atoms with Crippen LogP contribution < -0.4 is 19.6 Å². The van der Waals surface area contributed by atoms with Crippen LogP contribution in [0.3, 0.4) is 0 Å². The van der Waals surface area contributed by atoms with Gasteiger partial charge in [-0.15, -0.1) is 0 Å². The summed E-state index contributed by atoms with van der Waals surface area (Å²) in [5.74, 6) is 0.0655. The third-order valence-electron chi connectivity index (χ3n) is 6.48. The molecule has 6 rings (SSSR count). The standard InChI is InChI=1S/C29H21BrN2O3S/c1-17(33)35-22-7-4-5-18(15-22)16-25-28(34)32-27(20-9-12-21(30)13-10-20)24-14-11-19-6-2-3-8-23(19)26(24)31-29(32)36-25/h2-10,12-13,15-16,27H,11,14H2,1H3/b25-16-/t27-/m0/s1. The van der Waals surface area contributed by atoms with Gasteiger partial charge in [0.15, 0.2) is 4.80 Å². The third-order valence-corrected chi connectivity index (χ3v) is 7.99. The van der Waals surface area contributed by atoms with Gasteiger partial charge in [0.1, 0.15) is 5.75 Å². The average Bonchev–Trinajstić information content (AvgIpc) is 3.17. The second-order valence-corrected chi connectivity index (χ2v) is 10.8. The summed E-state index contributed by atoms with van der Waals surface area (Å²) < 4.78 is 8.64. The van der Waals surface area contributed by atoms with Crippen LogP contribution >= 0.6 is 27.3 Å². The molecule has 2 heterocycles. The van der Waals surface area contributed by atoms with E-state index in [1.54, 1.807) is 18.2 Å². The first kappa shape index (κ1) is 22.9. The number of fused-ring (bicyclic) bond motifs is 3. The molecule has 1 aromatic heterocycles. The summed E-state index contributed by atoms with van der Waals surface area (Å²) in [5, 5.41) is 0. The molecule has 0 radical (unpaired) electrons. The highest BCUT2D eigenvalue weighted by atomic mass is 79.9. The van der Waals surface area contributed by atoms with Crippen molar-refractivity contribution in [3.05, 3.63) is 125 Å². The van der Waals surface area contributed by atoms with E-state index in [-0.39, 0.29) is 17.6 Å². The van der Waals surface area contributed by atoms with Crippen molar-refractivity contribution in [2.75, 3.05) is 0 Å². The van der Waals surface area contributed by atoms with Crippen molar-refractivity contribution in [2.45, 2.75) is 25.8 Å². The van der Waals surface area contributed by atoms with Gasteiger partial charge in [-0.2, -0.15) is 0 Å². The fourth-order valence-corrected chi connectivity index (χ4v) is 6.22. The predicted octanol–water partition coefficient (Wildman–Crippen LogP) is 5.01. The molecule has 1 atom stereocenters. The zero-order chi connectivity index (χ0) is 24.8. The number of aryl methyl sites for hydroxylation is 1. The van der Waals surface area contributed by atoms with Crippen molar-refractivity contribution in [3.63, 3.8) is 0 Å². The lowest BCUT2D eigenvalue weighted by Crippen LogP contribution is -2.38. The van der Waals surface area contributed by atoms with Crippen LogP contribution in [-0.4, -0.2) is 10.5 Å². The molecule has 0 spiro atoms. The minimum atomic E-state index is -0.383. The number of benzene rings is 3. The average molecular weight is 557 g/mol. The predicted molar refractivity (Wildman–Crippen MR) is 145 cm³/mol. The van der Waals surface area contributed by atoms with E-state index < -0.39 is 0 Å². The Bertz CT molecular complexity index is 1730. The maximum Gasteiger partial charge on any atom is 0.308 e. The molecule has 0 amide bonds. The van der Waals surface area contributed by atoms with E-state index >= 15 is 0 Å². The molecule has 7 heteroatoms. The van der Waals surface area contributed by atoms with Gasteiger partial charge >= 0.3 is 5.97 Å². The number of hydrogen-bond donors (Lipinski definition) is 0. The lowest BCUT2D eigenvalue weighted by atomic mass is 9.83. The number of esters is 1.